The van der Waals surface area contributed by atoms with Gasteiger partial charge in [0.1, 0.15) is 0 Å². The zero-order valence-corrected chi connectivity index (χ0v) is 7.20. The Morgan fingerprint density at radius 2 is 2.30 bits per heavy atom. The number of rotatable bonds is 0. The summed E-state index contributed by atoms with van der Waals surface area (Å²) in [5.41, 5.74) is 2.89. The predicted octanol–water partition coefficient (Wildman–Crippen LogP) is 1.07. The smallest absolute Gasteiger partial charge is 0.205 e. The first-order valence-electron chi connectivity index (χ1n) is 3.08. The van der Waals surface area contributed by atoms with Crippen molar-refractivity contribution in [2.75, 3.05) is 6.26 Å². The van der Waals surface area contributed by atoms with Crippen LogP contribution in [-0.4, -0.2) is 23.2 Å². The first kappa shape index (κ1) is 7.60. The normalized spacial score (nSPS) is 21.7. The van der Waals surface area contributed by atoms with E-state index in [1.165, 1.54) is 11.8 Å². The van der Waals surface area contributed by atoms with Gasteiger partial charge < -0.3 is 0 Å². The van der Waals surface area contributed by atoms with Gasteiger partial charge in [-0.25, -0.2) is 4.99 Å². The van der Waals surface area contributed by atoms with Gasteiger partial charge >= 0.3 is 0 Å². The monoisotopic (exact) mass is 157 g/mol. The molecule has 0 saturated heterocycles. The lowest BCUT2D eigenvalue weighted by atomic mass is 10.1. The van der Waals surface area contributed by atoms with E-state index in [-0.39, 0.29) is 5.54 Å². The van der Waals surface area contributed by atoms with E-state index in [0.717, 1.165) is 5.17 Å². The molecule has 0 radical (unpaired) electrons. The lowest BCUT2D eigenvalue weighted by Gasteiger charge is -2.21. The van der Waals surface area contributed by atoms with Crippen LogP contribution in [0.5, 0.6) is 0 Å². The number of thioether (sulfide) groups is 1. The molecule has 56 valence electrons. The molecule has 0 atom stereocenters. The molecule has 0 aromatic heterocycles. The van der Waals surface area contributed by atoms with E-state index < -0.39 is 0 Å². The molecule has 0 saturated carbocycles. The number of aliphatic imine (C=N–C) groups is 1. The summed E-state index contributed by atoms with van der Waals surface area (Å²) in [5, 5.41) is 4.82. The van der Waals surface area contributed by atoms with Crippen molar-refractivity contribution in [2.45, 2.75) is 19.4 Å². The van der Waals surface area contributed by atoms with Gasteiger partial charge in [0.2, 0.25) is 5.17 Å². The van der Waals surface area contributed by atoms with Gasteiger partial charge in [0, 0.05) is 6.21 Å². The highest BCUT2D eigenvalue weighted by Gasteiger charge is 2.16. The second-order valence-electron chi connectivity index (χ2n) is 2.69. The summed E-state index contributed by atoms with van der Waals surface area (Å²) in [7, 11) is 0. The Balaban J connectivity index is 2.63. The zero-order valence-electron chi connectivity index (χ0n) is 6.38. The van der Waals surface area contributed by atoms with Gasteiger partial charge in [-0.15, -0.1) is 0 Å². The van der Waals surface area contributed by atoms with E-state index in [9.17, 15) is 0 Å². The summed E-state index contributed by atoms with van der Waals surface area (Å²) >= 11 is 1.54. The van der Waals surface area contributed by atoms with E-state index in [0.29, 0.717) is 0 Å². The first-order valence-corrected chi connectivity index (χ1v) is 4.30. The van der Waals surface area contributed by atoms with E-state index in [1.807, 2.05) is 26.3 Å². The number of hydrazone groups is 1. The summed E-state index contributed by atoms with van der Waals surface area (Å²) in [4.78, 5) is 4.13. The zero-order chi connectivity index (χ0) is 7.61. The molecular weight excluding hydrogens is 146 g/mol. The summed E-state index contributed by atoms with van der Waals surface area (Å²) in [6.07, 6.45) is 3.82. The van der Waals surface area contributed by atoms with Crippen molar-refractivity contribution in [2.24, 2.45) is 10.1 Å². The molecule has 0 amide bonds. The van der Waals surface area contributed by atoms with Crippen molar-refractivity contribution in [3.8, 4) is 0 Å². The number of nitrogens with one attached hydrogen (secondary N) is 1. The molecule has 1 aliphatic rings. The van der Waals surface area contributed by atoms with E-state index in [1.54, 1.807) is 0 Å². The van der Waals surface area contributed by atoms with E-state index >= 15 is 0 Å². The average molecular weight is 157 g/mol. The molecule has 0 aromatic carbocycles. The van der Waals surface area contributed by atoms with Crippen molar-refractivity contribution in [1.29, 1.82) is 0 Å². The summed E-state index contributed by atoms with van der Waals surface area (Å²) in [5.74, 6) is 0. The fourth-order valence-electron chi connectivity index (χ4n) is 0.565. The maximum absolute atomic E-state index is 4.13. The third kappa shape index (κ3) is 1.73. The van der Waals surface area contributed by atoms with Crippen molar-refractivity contribution in [3.63, 3.8) is 0 Å². The van der Waals surface area contributed by atoms with Gasteiger partial charge in [0.15, 0.2) is 0 Å². The molecule has 1 heterocycles. The molecule has 3 nitrogen and oxygen atoms in total. The van der Waals surface area contributed by atoms with Crippen LogP contribution < -0.4 is 5.43 Å². The summed E-state index contributed by atoms with van der Waals surface area (Å²) in [6.45, 7) is 4.05. The minimum atomic E-state index is -0.0841. The second-order valence-corrected chi connectivity index (χ2v) is 3.46. The third-order valence-corrected chi connectivity index (χ3v) is 1.68. The van der Waals surface area contributed by atoms with Crippen LogP contribution in [0.25, 0.3) is 0 Å². The molecule has 0 unspecified atom stereocenters. The van der Waals surface area contributed by atoms with Crippen molar-refractivity contribution < 1.29 is 0 Å². The number of amidine groups is 1. The third-order valence-electron chi connectivity index (χ3n) is 1.12. The topological polar surface area (TPSA) is 36.8 Å². The molecule has 0 aliphatic carbocycles. The summed E-state index contributed by atoms with van der Waals surface area (Å²) in [6, 6.07) is 0. The fraction of sp³-hybridized carbons (Fsp3) is 0.667. The van der Waals surface area contributed by atoms with Crippen LogP contribution in [0.1, 0.15) is 13.8 Å². The van der Waals surface area contributed by atoms with Crippen molar-refractivity contribution in [3.05, 3.63) is 0 Å². The molecule has 1 N–H and O–H groups in total. The molecular formula is C6H11N3S. The molecule has 0 bridgehead atoms. The highest BCUT2D eigenvalue weighted by atomic mass is 32.2. The Morgan fingerprint density at radius 3 is 2.70 bits per heavy atom. The van der Waals surface area contributed by atoms with Gasteiger partial charge in [0.25, 0.3) is 0 Å². The largest absolute Gasteiger partial charge is 0.297 e. The number of nitrogens with zero attached hydrogens (tertiary/aromatic N) is 2. The lowest BCUT2D eigenvalue weighted by molar-refractivity contribution is 0.532. The van der Waals surface area contributed by atoms with Gasteiger partial charge in [-0.2, -0.15) is 5.10 Å². The van der Waals surface area contributed by atoms with Crippen LogP contribution in [0.4, 0.5) is 0 Å². The fourth-order valence-corrected chi connectivity index (χ4v) is 0.860. The SMILES string of the molecule is CSC1=NNC(C)(C)C=N1. The van der Waals surface area contributed by atoms with E-state index in [4.69, 9.17) is 0 Å². The number of hydrogen-bond acceptors (Lipinski definition) is 4. The Labute approximate surface area is 65.0 Å². The van der Waals surface area contributed by atoms with Gasteiger partial charge in [-0.1, -0.05) is 11.8 Å². The highest BCUT2D eigenvalue weighted by molar-refractivity contribution is 8.13. The van der Waals surface area contributed by atoms with Crippen molar-refractivity contribution >= 4 is 23.1 Å². The lowest BCUT2D eigenvalue weighted by Crippen LogP contribution is -2.40. The Hall–Kier alpha value is -0.510. The van der Waals surface area contributed by atoms with Crippen LogP contribution in [0.15, 0.2) is 10.1 Å². The maximum Gasteiger partial charge on any atom is 0.205 e. The first-order chi connectivity index (χ1) is 4.64. The van der Waals surface area contributed by atoms with Crippen LogP contribution in [0, 0.1) is 0 Å². The molecule has 0 fully saturated rings. The van der Waals surface area contributed by atoms with E-state index in [2.05, 4.69) is 15.5 Å². The molecule has 1 rings (SSSR count). The maximum atomic E-state index is 4.13. The van der Waals surface area contributed by atoms with Crippen molar-refractivity contribution in [1.82, 2.24) is 5.43 Å². The van der Waals surface area contributed by atoms with Crippen LogP contribution >= 0.6 is 11.8 Å². The number of hydrogen-bond donors (Lipinski definition) is 1. The van der Waals surface area contributed by atoms with Gasteiger partial charge in [-0.05, 0) is 20.1 Å². The molecule has 0 aromatic rings. The molecule has 0 spiro atoms. The Bertz CT molecular complexity index is 183. The van der Waals surface area contributed by atoms with Gasteiger partial charge in [-0.3, -0.25) is 5.43 Å². The van der Waals surface area contributed by atoms with Crippen LogP contribution in [0.2, 0.25) is 0 Å². The minimum Gasteiger partial charge on any atom is -0.297 e. The minimum absolute atomic E-state index is 0.0841. The quantitative estimate of drug-likeness (QED) is 0.571. The Morgan fingerprint density at radius 1 is 1.60 bits per heavy atom. The summed E-state index contributed by atoms with van der Waals surface area (Å²) < 4.78 is 0. The van der Waals surface area contributed by atoms with Gasteiger partial charge in [0.05, 0.1) is 5.54 Å². The predicted molar refractivity (Wildman–Crippen MR) is 46.7 cm³/mol. The standard InChI is InChI=1S/C6H11N3S/c1-6(2)4-7-5(10-3)8-9-6/h4,9H,1-3H3. The molecule has 10 heavy (non-hydrogen) atoms. The average Bonchev–Trinajstić information content (AvgIpc) is 1.88. The highest BCUT2D eigenvalue weighted by Crippen LogP contribution is 2.07. The second kappa shape index (κ2) is 2.62. The molecule has 4 heteroatoms. The Kier molecular flexibility index (Phi) is 1.99. The van der Waals surface area contributed by atoms with Crippen LogP contribution in [-0.2, 0) is 0 Å². The van der Waals surface area contributed by atoms with Crippen LogP contribution in [0.3, 0.4) is 0 Å². The molecule has 1 aliphatic heterocycles.